The monoisotopic (exact) mass is 287 g/mol. The number of carboxylic acid groups (broad SMARTS) is 1. The molecule has 0 radical (unpaired) electrons. The molecule has 0 aliphatic carbocycles. The van der Waals surface area contributed by atoms with E-state index in [1.807, 2.05) is 32.8 Å². The van der Waals surface area contributed by atoms with Crippen molar-refractivity contribution < 1.29 is 14.7 Å². The van der Waals surface area contributed by atoms with E-state index in [9.17, 15) is 14.7 Å². The fourth-order valence-corrected chi connectivity index (χ4v) is 1.21. The summed E-state index contributed by atoms with van der Waals surface area (Å²) in [6, 6.07) is -0.362. The Morgan fingerprint density at radius 2 is 1.50 bits per heavy atom. The van der Waals surface area contributed by atoms with Crippen molar-refractivity contribution in [2.24, 2.45) is 5.41 Å². The van der Waals surface area contributed by atoms with Gasteiger partial charge in [0, 0.05) is 12.1 Å². The largest absolute Gasteiger partial charge is 0.481 e. The summed E-state index contributed by atoms with van der Waals surface area (Å²) in [6.07, 6.45) is 0. The summed E-state index contributed by atoms with van der Waals surface area (Å²) in [4.78, 5) is 25.3. The van der Waals surface area contributed by atoms with Crippen LogP contribution in [0.25, 0.3) is 0 Å². The van der Waals surface area contributed by atoms with Crippen molar-refractivity contribution in [3.8, 4) is 0 Å². The third-order valence-electron chi connectivity index (χ3n) is 4.42. The van der Waals surface area contributed by atoms with E-state index in [1.54, 1.807) is 27.7 Å². The van der Waals surface area contributed by atoms with Gasteiger partial charge in [-0.1, -0.05) is 0 Å². The van der Waals surface area contributed by atoms with Gasteiger partial charge < -0.3 is 20.6 Å². The highest BCUT2D eigenvalue weighted by atomic mass is 16.4. The molecule has 0 fully saturated rings. The molecule has 0 aliphatic heterocycles. The molecule has 6 nitrogen and oxygen atoms in total. The predicted molar refractivity (Wildman–Crippen MR) is 79.8 cm³/mol. The van der Waals surface area contributed by atoms with Gasteiger partial charge in [0.15, 0.2) is 0 Å². The second-order valence-electron chi connectivity index (χ2n) is 7.07. The summed E-state index contributed by atoms with van der Waals surface area (Å²) in [5.41, 5.74) is -2.11. The number of hydrogen-bond donors (Lipinski definition) is 3. The maximum Gasteiger partial charge on any atom is 0.315 e. The number of hydrogen-bond acceptors (Lipinski definition) is 3. The molecule has 0 aromatic heterocycles. The molecule has 2 amide bonds. The van der Waals surface area contributed by atoms with Gasteiger partial charge in [-0.3, -0.25) is 4.79 Å². The lowest BCUT2D eigenvalue weighted by molar-refractivity contribution is -0.150. The number of amides is 2. The summed E-state index contributed by atoms with van der Waals surface area (Å²) < 4.78 is 0. The molecule has 3 N–H and O–H groups in total. The SMILES string of the molecule is CN(C)C(C)(C)CNC(=O)NC(C)(C)C(C)(C)C(=O)O. The fourth-order valence-electron chi connectivity index (χ4n) is 1.21. The Bertz CT molecular complexity index is 374. The zero-order valence-corrected chi connectivity index (χ0v) is 13.9. The molecule has 0 bridgehead atoms. The number of rotatable bonds is 6. The standard InChI is InChI=1S/C14H29N3O3/c1-12(2,17(7)8)9-15-11(20)16-14(5,6)13(3,4)10(18)19/h9H2,1-8H3,(H,18,19)(H2,15,16,20). The first-order valence-electron chi connectivity index (χ1n) is 6.71. The van der Waals surface area contributed by atoms with Gasteiger partial charge in [0.25, 0.3) is 0 Å². The van der Waals surface area contributed by atoms with E-state index in [2.05, 4.69) is 10.6 Å². The lowest BCUT2D eigenvalue weighted by Crippen LogP contribution is -2.60. The van der Waals surface area contributed by atoms with Crippen LogP contribution in [0.3, 0.4) is 0 Å². The summed E-state index contributed by atoms with van der Waals surface area (Å²) in [7, 11) is 3.88. The minimum atomic E-state index is -1.07. The summed E-state index contributed by atoms with van der Waals surface area (Å²) in [6.45, 7) is 11.1. The first kappa shape index (κ1) is 18.7. The first-order valence-corrected chi connectivity index (χ1v) is 6.71. The Kier molecular flexibility index (Phi) is 5.60. The van der Waals surface area contributed by atoms with Crippen molar-refractivity contribution in [3.05, 3.63) is 0 Å². The van der Waals surface area contributed by atoms with Crippen LogP contribution in [0.4, 0.5) is 4.79 Å². The molecule has 0 saturated carbocycles. The maximum absolute atomic E-state index is 12.0. The molecule has 0 aliphatic rings. The Morgan fingerprint density at radius 3 is 1.85 bits per heavy atom. The third kappa shape index (κ3) is 4.37. The van der Waals surface area contributed by atoms with Crippen LogP contribution in [0.5, 0.6) is 0 Å². The van der Waals surface area contributed by atoms with Crippen molar-refractivity contribution >= 4 is 12.0 Å². The molecule has 0 aromatic carbocycles. The van der Waals surface area contributed by atoms with E-state index >= 15 is 0 Å². The maximum atomic E-state index is 12.0. The molecule has 6 heteroatoms. The number of carbonyl (C=O) groups is 2. The van der Waals surface area contributed by atoms with E-state index in [1.165, 1.54) is 0 Å². The number of nitrogens with zero attached hydrogens (tertiary/aromatic N) is 1. The molecule has 0 saturated heterocycles. The second-order valence-corrected chi connectivity index (χ2v) is 7.07. The third-order valence-corrected chi connectivity index (χ3v) is 4.42. The van der Waals surface area contributed by atoms with Gasteiger partial charge in [-0.2, -0.15) is 0 Å². The first-order chi connectivity index (χ1) is 8.74. The van der Waals surface area contributed by atoms with Crippen molar-refractivity contribution in [2.45, 2.75) is 52.6 Å². The van der Waals surface area contributed by atoms with Gasteiger partial charge in [-0.25, -0.2) is 4.79 Å². The lowest BCUT2D eigenvalue weighted by atomic mass is 9.74. The van der Waals surface area contributed by atoms with Gasteiger partial charge in [0.05, 0.1) is 11.0 Å². The van der Waals surface area contributed by atoms with Gasteiger partial charge >= 0.3 is 12.0 Å². The van der Waals surface area contributed by atoms with Crippen LogP contribution in [0, 0.1) is 5.41 Å². The minimum absolute atomic E-state index is 0.177. The van der Waals surface area contributed by atoms with Crippen LogP contribution in [0.2, 0.25) is 0 Å². The van der Waals surface area contributed by atoms with Crippen LogP contribution in [-0.2, 0) is 4.79 Å². The molecule has 0 spiro atoms. The molecule has 0 heterocycles. The molecule has 118 valence electrons. The number of carbonyl (C=O) groups excluding carboxylic acids is 1. The molecular formula is C14H29N3O3. The van der Waals surface area contributed by atoms with Crippen molar-refractivity contribution in [2.75, 3.05) is 20.6 Å². The molecule has 0 atom stereocenters. The van der Waals surface area contributed by atoms with Crippen molar-refractivity contribution in [1.82, 2.24) is 15.5 Å². The zero-order valence-electron chi connectivity index (χ0n) is 13.9. The highest BCUT2D eigenvalue weighted by Gasteiger charge is 2.44. The van der Waals surface area contributed by atoms with E-state index in [0.29, 0.717) is 6.54 Å². The van der Waals surface area contributed by atoms with E-state index in [4.69, 9.17) is 0 Å². The summed E-state index contributed by atoms with van der Waals surface area (Å²) in [5.74, 6) is -0.948. The van der Waals surface area contributed by atoms with Crippen molar-refractivity contribution in [1.29, 1.82) is 0 Å². The zero-order chi connectivity index (χ0) is 16.4. The highest BCUT2D eigenvalue weighted by molar-refractivity contribution is 5.79. The summed E-state index contributed by atoms with van der Waals surface area (Å²) >= 11 is 0. The van der Waals surface area contributed by atoms with Gasteiger partial charge in [0.2, 0.25) is 0 Å². The second kappa shape index (κ2) is 5.99. The molecular weight excluding hydrogens is 258 g/mol. The lowest BCUT2D eigenvalue weighted by Gasteiger charge is -2.39. The molecule has 0 unspecified atom stereocenters. The quantitative estimate of drug-likeness (QED) is 0.692. The van der Waals surface area contributed by atoms with Crippen LogP contribution in [-0.4, -0.2) is 53.7 Å². The van der Waals surface area contributed by atoms with Gasteiger partial charge in [0.1, 0.15) is 0 Å². The van der Waals surface area contributed by atoms with E-state index < -0.39 is 16.9 Å². The Hall–Kier alpha value is -1.30. The average molecular weight is 287 g/mol. The highest BCUT2D eigenvalue weighted by Crippen LogP contribution is 2.30. The number of urea groups is 1. The number of likely N-dealkylation sites (N-methyl/N-ethyl adjacent to an activating group) is 1. The number of carboxylic acids is 1. The van der Waals surface area contributed by atoms with E-state index in [0.717, 1.165) is 0 Å². The van der Waals surface area contributed by atoms with Gasteiger partial charge in [-0.15, -0.1) is 0 Å². The topological polar surface area (TPSA) is 81.7 Å². The fraction of sp³-hybridized carbons (Fsp3) is 0.857. The molecule has 20 heavy (non-hydrogen) atoms. The number of aliphatic carboxylic acids is 1. The van der Waals surface area contributed by atoms with Crippen LogP contribution >= 0.6 is 0 Å². The Morgan fingerprint density at radius 1 is 1.05 bits per heavy atom. The van der Waals surface area contributed by atoms with Crippen LogP contribution in [0.15, 0.2) is 0 Å². The van der Waals surface area contributed by atoms with Crippen LogP contribution < -0.4 is 10.6 Å². The average Bonchev–Trinajstić information content (AvgIpc) is 2.25. The normalized spacial score (nSPS) is 13.2. The molecule has 0 aromatic rings. The predicted octanol–water partition coefficient (Wildman–Crippen LogP) is 1.52. The molecule has 0 rings (SSSR count). The van der Waals surface area contributed by atoms with Crippen molar-refractivity contribution in [3.63, 3.8) is 0 Å². The Labute approximate surface area is 121 Å². The van der Waals surface area contributed by atoms with Crippen LogP contribution in [0.1, 0.15) is 41.5 Å². The smallest absolute Gasteiger partial charge is 0.315 e. The minimum Gasteiger partial charge on any atom is -0.481 e. The summed E-state index contributed by atoms with van der Waals surface area (Å²) in [5, 5.41) is 14.8. The van der Waals surface area contributed by atoms with Gasteiger partial charge in [-0.05, 0) is 55.6 Å². The Balaban J connectivity index is 4.67. The van der Waals surface area contributed by atoms with E-state index in [-0.39, 0.29) is 11.6 Å². The number of nitrogens with one attached hydrogen (secondary N) is 2.